The Bertz CT molecular complexity index is 433. The summed E-state index contributed by atoms with van der Waals surface area (Å²) in [4.78, 5) is 0. The van der Waals surface area contributed by atoms with Crippen LogP contribution in [0.5, 0.6) is 0 Å². The standard InChI is InChI=1S/C10H18O8S/c1-10(2)16-8-6(12)7(15-9(8)17-10)5(4-11)18-19(3,13)14/h5-9,11-12H,4H2,1-3H3/t5-,6-,7-,8-,9-/m1/s1. The third-order valence-electron chi connectivity index (χ3n) is 2.90. The number of fused-ring (bicyclic) bond motifs is 1. The Hall–Kier alpha value is -0.290. The molecule has 2 aliphatic heterocycles. The summed E-state index contributed by atoms with van der Waals surface area (Å²) in [6, 6.07) is 0. The fourth-order valence-corrected chi connectivity index (χ4v) is 2.86. The van der Waals surface area contributed by atoms with Crippen LogP contribution in [0, 0.1) is 0 Å². The van der Waals surface area contributed by atoms with Crippen LogP contribution in [-0.4, -0.2) is 68.0 Å². The molecular formula is C10H18O8S. The summed E-state index contributed by atoms with van der Waals surface area (Å²) in [5.74, 6) is -0.881. The van der Waals surface area contributed by atoms with E-state index in [9.17, 15) is 18.6 Å². The molecule has 2 N–H and O–H groups in total. The maximum Gasteiger partial charge on any atom is 0.264 e. The summed E-state index contributed by atoms with van der Waals surface area (Å²) in [6.07, 6.45) is -4.08. The van der Waals surface area contributed by atoms with Crippen molar-refractivity contribution in [3.8, 4) is 0 Å². The molecule has 0 radical (unpaired) electrons. The second kappa shape index (κ2) is 4.92. The van der Waals surface area contributed by atoms with Gasteiger partial charge in [-0.25, -0.2) is 0 Å². The Labute approximate surface area is 111 Å². The predicted octanol–water partition coefficient (Wildman–Crippen LogP) is -1.44. The lowest BCUT2D eigenvalue weighted by Crippen LogP contribution is -2.44. The smallest absolute Gasteiger partial charge is 0.264 e. The minimum Gasteiger partial charge on any atom is -0.394 e. The molecule has 2 saturated heterocycles. The molecule has 2 fully saturated rings. The van der Waals surface area contributed by atoms with Crippen molar-refractivity contribution in [1.29, 1.82) is 0 Å². The fourth-order valence-electron chi connectivity index (χ4n) is 2.24. The highest BCUT2D eigenvalue weighted by atomic mass is 32.2. The molecule has 112 valence electrons. The van der Waals surface area contributed by atoms with Crippen molar-refractivity contribution in [1.82, 2.24) is 0 Å². The molecule has 0 unspecified atom stereocenters. The van der Waals surface area contributed by atoms with Gasteiger partial charge in [0, 0.05) is 0 Å². The highest BCUT2D eigenvalue weighted by Crippen LogP contribution is 2.38. The molecule has 0 spiro atoms. The van der Waals surface area contributed by atoms with Gasteiger partial charge in [-0.3, -0.25) is 4.18 Å². The summed E-state index contributed by atoms with van der Waals surface area (Å²) < 4.78 is 43.1. The van der Waals surface area contributed by atoms with Crippen LogP contribution in [-0.2, 0) is 28.5 Å². The summed E-state index contributed by atoms with van der Waals surface area (Å²) in [7, 11) is -3.78. The van der Waals surface area contributed by atoms with Gasteiger partial charge in [0.15, 0.2) is 12.1 Å². The average molecular weight is 298 g/mol. The van der Waals surface area contributed by atoms with E-state index in [1.165, 1.54) is 0 Å². The van der Waals surface area contributed by atoms with Crippen molar-refractivity contribution in [3.05, 3.63) is 0 Å². The molecule has 0 aromatic carbocycles. The zero-order valence-electron chi connectivity index (χ0n) is 10.8. The summed E-state index contributed by atoms with van der Waals surface area (Å²) in [5.41, 5.74) is 0. The molecule has 2 aliphatic rings. The Kier molecular flexibility index (Phi) is 3.91. The highest BCUT2D eigenvalue weighted by Gasteiger charge is 2.56. The van der Waals surface area contributed by atoms with E-state index < -0.39 is 53.2 Å². The van der Waals surface area contributed by atoms with E-state index in [-0.39, 0.29) is 0 Å². The quantitative estimate of drug-likeness (QED) is 0.607. The Morgan fingerprint density at radius 1 is 1.37 bits per heavy atom. The third-order valence-corrected chi connectivity index (χ3v) is 3.49. The number of aliphatic hydroxyl groups excluding tert-OH is 2. The van der Waals surface area contributed by atoms with Gasteiger partial charge in [-0.15, -0.1) is 0 Å². The van der Waals surface area contributed by atoms with Crippen molar-refractivity contribution >= 4 is 10.1 Å². The van der Waals surface area contributed by atoms with Gasteiger partial charge in [0.05, 0.1) is 12.9 Å². The predicted molar refractivity (Wildman–Crippen MR) is 61.5 cm³/mol. The Morgan fingerprint density at radius 3 is 2.47 bits per heavy atom. The van der Waals surface area contributed by atoms with Gasteiger partial charge in [0.25, 0.3) is 10.1 Å². The van der Waals surface area contributed by atoms with E-state index >= 15 is 0 Å². The first-order chi connectivity index (χ1) is 8.63. The number of hydrogen-bond acceptors (Lipinski definition) is 8. The topological polar surface area (TPSA) is 112 Å². The van der Waals surface area contributed by atoms with Gasteiger partial charge in [0.2, 0.25) is 0 Å². The number of hydrogen-bond donors (Lipinski definition) is 2. The lowest BCUT2D eigenvalue weighted by atomic mass is 10.1. The molecule has 0 aromatic rings. The zero-order valence-corrected chi connectivity index (χ0v) is 11.7. The molecule has 0 bridgehead atoms. The minimum absolute atomic E-state index is 0.613. The molecule has 9 heteroatoms. The molecule has 5 atom stereocenters. The Morgan fingerprint density at radius 2 is 2.00 bits per heavy atom. The zero-order chi connectivity index (χ0) is 14.4. The molecule has 0 amide bonds. The van der Waals surface area contributed by atoms with Crippen LogP contribution < -0.4 is 0 Å². The normalized spacial score (nSPS) is 39.2. The van der Waals surface area contributed by atoms with E-state index in [4.69, 9.17) is 14.2 Å². The van der Waals surface area contributed by atoms with Crippen LogP contribution >= 0.6 is 0 Å². The van der Waals surface area contributed by atoms with Gasteiger partial charge in [-0.1, -0.05) is 0 Å². The van der Waals surface area contributed by atoms with Crippen LogP contribution in [0.4, 0.5) is 0 Å². The fraction of sp³-hybridized carbons (Fsp3) is 1.00. The lowest BCUT2D eigenvalue weighted by molar-refractivity contribution is -0.225. The van der Waals surface area contributed by atoms with Crippen LogP contribution in [0.25, 0.3) is 0 Å². The molecule has 8 nitrogen and oxygen atoms in total. The van der Waals surface area contributed by atoms with Crippen LogP contribution in [0.1, 0.15) is 13.8 Å². The monoisotopic (exact) mass is 298 g/mol. The summed E-state index contributed by atoms with van der Waals surface area (Å²) >= 11 is 0. The number of rotatable bonds is 4. The van der Waals surface area contributed by atoms with Crippen LogP contribution in [0.2, 0.25) is 0 Å². The largest absolute Gasteiger partial charge is 0.394 e. The van der Waals surface area contributed by atoms with Crippen molar-refractivity contribution in [2.45, 2.75) is 50.3 Å². The number of aliphatic hydroxyl groups is 2. The summed E-state index contributed by atoms with van der Waals surface area (Å²) in [5, 5.41) is 19.2. The molecular weight excluding hydrogens is 280 g/mol. The first kappa shape index (κ1) is 15.1. The second-order valence-electron chi connectivity index (χ2n) is 5.08. The van der Waals surface area contributed by atoms with E-state index in [1.807, 2.05) is 0 Å². The van der Waals surface area contributed by atoms with E-state index in [1.54, 1.807) is 13.8 Å². The average Bonchev–Trinajstić information content (AvgIpc) is 2.69. The van der Waals surface area contributed by atoms with Crippen molar-refractivity contribution in [2.75, 3.05) is 12.9 Å². The molecule has 2 rings (SSSR count). The molecule has 0 aromatic heterocycles. The number of ether oxygens (including phenoxy) is 3. The SMILES string of the molecule is CC1(C)O[C@H]2O[C@H]([C@@H](CO)OS(C)(=O)=O)[C@@H](O)[C@H]2O1. The van der Waals surface area contributed by atoms with Crippen LogP contribution in [0.15, 0.2) is 0 Å². The molecule has 0 aliphatic carbocycles. The lowest BCUT2D eigenvalue weighted by Gasteiger charge is -2.26. The summed E-state index contributed by atoms with van der Waals surface area (Å²) in [6.45, 7) is 2.73. The Balaban J connectivity index is 2.08. The van der Waals surface area contributed by atoms with Gasteiger partial charge < -0.3 is 24.4 Å². The highest BCUT2D eigenvalue weighted by molar-refractivity contribution is 7.86. The van der Waals surface area contributed by atoms with E-state index in [0.29, 0.717) is 0 Å². The maximum atomic E-state index is 11.1. The van der Waals surface area contributed by atoms with Gasteiger partial charge >= 0.3 is 0 Å². The first-order valence-corrected chi connectivity index (χ1v) is 7.63. The van der Waals surface area contributed by atoms with Crippen molar-refractivity contribution < 1.29 is 37.0 Å². The third kappa shape index (κ3) is 3.24. The first-order valence-electron chi connectivity index (χ1n) is 5.81. The molecule has 19 heavy (non-hydrogen) atoms. The minimum atomic E-state index is -3.78. The van der Waals surface area contributed by atoms with E-state index in [2.05, 4.69) is 4.18 Å². The van der Waals surface area contributed by atoms with Gasteiger partial charge in [-0.2, -0.15) is 8.42 Å². The molecule has 0 saturated carbocycles. The molecule has 2 heterocycles. The van der Waals surface area contributed by atoms with E-state index in [0.717, 1.165) is 6.26 Å². The van der Waals surface area contributed by atoms with Gasteiger partial charge in [0.1, 0.15) is 24.4 Å². The van der Waals surface area contributed by atoms with Crippen molar-refractivity contribution in [3.63, 3.8) is 0 Å². The van der Waals surface area contributed by atoms with Crippen molar-refractivity contribution in [2.24, 2.45) is 0 Å². The van der Waals surface area contributed by atoms with Gasteiger partial charge in [-0.05, 0) is 13.8 Å². The van der Waals surface area contributed by atoms with Crippen LogP contribution in [0.3, 0.4) is 0 Å². The maximum absolute atomic E-state index is 11.1. The second-order valence-corrected chi connectivity index (χ2v) is 6.68.